The van der Waals surface area contributed by atoms with Crippen molar-refractivity contribution in [2.24, 2.45) is 4.99 Å². The number of aryl methyl sites for hydroxylation is 1. The number of hydrogen-bond acceptors (Lipinski definition) is 9. The van der Waals surface area contributed by atoms with Crippen molar-refractivity contribution in [1.29, 1.82) is 0 Å². The van der Waals surface area contributed by atoms with Gasteiger partial charge in [0, 0.05) is 24.4 Å². The van der Waals surface area contributed by atoms with E-state index in [0.717, 1.165) is 28.8 Å². The summed E-state index contributed by atoms with van der Waals surface area (Å²) in [6, 6.07) is 5.55. The van der Waals surface area contributed by atoms with Crippen LogP contribution in [0.25, 0.3) is 16.7 Å². The summed E-state index contributed by atoms with van der Waals surface area (Å²) in [6.45, 7) is 6.19. The van der Waals surface area contributed by atoms with Crippen LogP contribution in [0.5, 0.6) is 11.5 Å². The molecule has 0 radical (unpaired) electrons. The summed E-state index contributed by atoms with van der Waals surface area (Å²) in [5.74, 6) is 2.32. The molecule has 3 N–H and O–H groups in total. The molecule has 0 bridgehead atoms. The number of carbonyl (C=O) groups is 1. The summed E-state index contributed by atoms with van der Waals surface area (Å²) < 4.78 is 17.9. The van der Waals surface area contributed by atoms with Crippen LogP contribution in [-0.4, -0.2) is 51.3 Å². The van der Waals surface area contributed by atoms with Crippen molar-refractivity contribution in [2.75, 3.05) is 25.7 Å². The minimum Gasteiger partial charge on any atom is -0.454 e. The zero-order chi connectivity index (χ0) is 24.4. The second-order valence-corrected chi connectivity index (χ2v) is 8.48. The SMILES string of the molecule is CC1=NCC(C)=C1c1nc(N)c2ncn(CCCCOC(=O)NCc3ccc4c(c3)OCO4)c2n1. The Morgan fingerprint density at radius 2 is 2.06 bits per heavy atom. The zero-order valence-corrected chi connectivity index (χ0v) is 19.7. The van der Waals surface area contributed by atoms with E-state index in [1.165, 1.54) is 0 Å². The molecule has 3 aromatic rings. The van der Waals surface area contributed by atoms with Crippen molar-refractivity contribution in [3.05, 3.63) is 41.5 Å². The number of aliphatic imine (C=N–C) groups is 1. The highest BCUT2D eigenvalue weighted by Gasteiger charge is 2.20. The predicted octanol–water partition coefficient (Wildman–Crippen LogP) is 3.09. The van der Waals surface area contributed by atoms with Crippen LogP contribution >= 0.6 is 0 Å². The average molecular weight is 478 g/mol. The second kappa shape index (κ2) is 9.61. The first-order valence-corrected chi connectivity index (χ1v) is 11.5. The third-order valence-electron chi connectivity index (χ3n) is 5.96. The third kappa shape index (κ3) is 4.75. The number of nitrogens with zero attached hydrogens (tertiary/aromatic N) is 5. The molecule has 5 rings (SSSR count). The van der Waals surface area contributed by atoms with Crippen LogP contribution in [-0.2, 0) is 17.8 Å². The van der Waals surface area contributed by atoms with E-state index in [9.17, 15) is 4.79 Å². The van der Waals surface area contributed by atoms with Crippen LogP contribution in [0.1, 0.15) is 38.1 Å². The molecular formula is C24H27N7O4. The van der Waals surface area contributed by atoms with Gasteiger partial charge in [0.1, 0.15) is 5.52 Å². The number of imidazole rings is 1. The fourth-order valence-electron chi connectivity index (χ4n) is 4.12. The molecule has 0 saturated heterocycles. The van der Waals surface area contributed by atoms with Gasteiger partial charge in [-0.1, -0.05) is 6.07 Å². The first-order valence-electron chi connectivity index (χ1n) is 11.5. The van der Waals surface area contributed by atoms with Crippen molar-refractivity contribution in [3.63, 3.8) is 0 Å². The molecule has 1 amide bonds. The number of nitrogen functional groups attached to an aromatic ring is 1. The third-order valence-corrected chi connectivity index (χ3v) is 5.96. The van der Waals surface area contributed by atoms with E-state index in [0.29, 0.717) is 67.0 Å². The smallest absolute Gasteiger partial charge is 0.407 e. The number of benzene rings is 1. The van der Waals surface area contributed by atoms with Crippen LogP contribution in [0.3, 0.4) is 0 Å². The van der Waals surface area contributed by atoms with E-state index in [4.69, 9.17) is 24.9 Å². The maximum Gasteiger partial charge on any atom is 0.407 e. The summed E-state index contributed by atoms with van der Waals surface area (Å²) in [5, 5.41) is 2.75. The summed E-state index contributed by atoms with van der Waals surface area (Å²) >= 11 is 0. The number of aromatic nitrogens is 4. The molecule has 0 spiro atoms. The number of alkyl carbamates (subject to hydrolysis) is 1. The fourth-order valence-corrected chi connectivity index (χ4v) is 4.12. The summed E-state index contributed by atoms with van der Waals surface area (Å²) in [4.78, 5) is 30.1. The number of allylic oxidation sites excluding steroid dienone is 1. The molecule has 11 nitrogen and oxygen atoms in total. The lowest BCUT2D eigenvalue weighted by Crippen LogP contribution is -2.24. The van der Waals surface area contributed by atoms with Crippen molar-refractivity contribution in [3.8, 4) is 11.5 Å². The van der Waals surface area contributed by atoms with Crippen LogP contribution in [0.4, 0.5) is 10.6 Å². The van der Waals surface area contributed by atoms with E-state index in [-0.39, 0.29) is 6.79 Å². The molecule has 0 fully saturated rings. The van der Waals surface area contributed by atoms with Gasteiger partial charge >= 0.3 is 6.09 Å². The largest absolute Gasteiger partial charge is 0.454 e. The topological polar surface area (TPSA) is 139 Å². The highest BCUT2D eigenvalue weighted by Crippen LogP contribution is 2.32. The summed E-state index contributed by atoms with van der Waals surface area (Å²) in [7, 11) is 0. The number of nitrogens with two attached hydrogens (primary N) is 1. The lowest BCUT2D eigenvalue weighted by Gasteiger charge is -2.09. The van der Waals surface area contributed by atoms with E-state index in [2.05, 4.69) is 20.3 Å². The van der Waals surface area contributed by atoms with Gasteiger partial charge in [0.2, 0.25) is 6.79 Å². The van der Waals surface area contributed by atoms with Crippen molar-refractivity contribution < 1.29 is 19.0 Å². The Morgan fingerprint density at radius 3 is 2.89 bits per heavy atom. The number of amides is 1. The van der Waals surface area contributed by atoms with E-state index >= 15 is 0 Å². The molecular weight excluding hydrogens is 450 g/mol. The number of nitrogens with one attached hydrogen (secondary N) is 1. The molecule has 11 heteroatoms. The Kier molecular flexibility index (Phi) is 6.21. The number of unbranched alkanes of at least 4 members (excludes halogenated alkanes) is 1. The standard InChI is InChI=1S/C24H27N7O4/c1-14-10-26-15(2)19(14)22-29-21(25)20-23(30-22)31(12-28-20)7-3-4-8-33-24(32)27-11-16-5-6-17-18(9-16)35-13-34-17/h5-6,9,12H,3-4,7-8,10-11,13H2,1-2H3,(H,27,32)(H2,25,29,30). The van der Waals surface area contributed by atoms with Gasteiger partial charge < -0.3 is 29.8 Å². The average Bonchev–Trinajstić information content (AvgIpc) is 3.56. The number of carbonyl (C=O) groups excluding carboxylic acids is 1. The van der Waals surface area contributed by atoms with Gasteiger partial charge in [-0.15, -0.1) is 0 Å². The number of rotatable bonds is 8. The van der Waals surface area contributed by atoms with E-state index in [1.807, 2.05) is 36.6 Å². The number of fused-ring (bicyclic) bond motifs is 2. The van der Waals surface area contributed by atoms with E-state index in [1.54, 1.807) is 6.33 Å². The van der Waals surface area contributed by atoms with Gasteiger partial charge in [-0.3, -0.25) is 4.99 Å². The minimum atomic E-state index is -0.460. The first kappa shape index (κ1) is 22.6. The molecule has 2 aromatic heterocycles. The Labute approximate surface area is 202 Å². The molecule has 1 aromatic carbocycles. The van der Waals surface area contributed by atoms with Crippen molar-refractivity contribution in [2.45, 2.75) is 39.8 Å². The highest BCUT2D eigenvalue weighted by atomic mass is 16.7. The molecule has 4 heterocycles. The summed E-state index contributed by atoms with van der Waals surface area (Å²) in [5.41, 5.74) is 11.3. The summed E-state index contributed by atoms with van der Waals surface area (Å²) in [6.07, 6.45) is 2.73. The van der Waals surface area contributed by atoms with Crippen LogP contribution in [0.15, 0.2) is 35.1 Å². The quantitative estimate of drug-likeness (QED) is 0.472. The lowest BCUT2D eigenvalue weighted by molar-refractivity contribution is 0.143. The van der Waals surface area contributed by atoms with E-state index < -0.39 is 6.09 Å². The normalized spacial score (nSPS) is 14.5. The van der Waals surface area contributed by atoms with Gasteiger partial charge in [0.15, 0.2) is 28.8 Å². The Hall–Kier alpha value is -4.15. The minimum absolute atomic E-state index is 0.219. The van der Waals surface area contributed by atoms with Crippen LogP contribution in [0.2, 0.25) is 0 Å². The molecule has 2 aliphatic rings. The molecule has 0 aliphatic carbocycles. The molecule has 0 atom stereocenters. The number of ether oxygens (including phenoxy) is 3. The van der Waals surface area contributed by atoms with Crippen LogP contribution < -0.4 is 20.5 Å². The van der Waals surface area contributed by atoms with Crippen LogP contribution in [0, 0.1) is 0 Å². The maximum atomic E-state index is 12.0. The van der Waals surface area contributed by atoms with Gasteiger partial charge in [0.25, 0.3) is 0 Å². The van der Waals surface area contributed by atoms with Gasteiger partial charge in [-0.25, -0.2) is 19.7 Å². The Balaban J connectivity index is 1.11. The number of hydrogen-bond donors (Lipinski definition) is 2. The van der Waals surface area contributed by atoms with Crippen molar-refractivity contribution in [1.82, 2.24) is 24.8 Å². The Morgan fingerprint density at radius 1 is 1.20 bits per heavy atom. The zero-order valence-electron chi connectivity index (χ0n) is 19.7. The van der Waals surface area contributed by atoms with Gasteiger partial charge in [-0.05, 0) is 50.0 Å². The monoisotopic (exact) mass is 477 g/mol. The fraction of sp³-hybridized carbons (Fsp3) is 0.375. The molecule has 0 unspecified atom stereocenters. The van der Waals surface area contributed by atoms with Gasteiger partial charge in [0.05, 0.1) is 19.5 Å². The molecule has 35 heavy (non-hydrogen) atoms. The second-order valence-electron chi connectivity index (χ2n) is 8.48. The predicted molar refractivity (Wildman–Crippen MR) is 130 cm³/mol. The van der Waals surface area contributed by atoms with Crippen molar-refractivity contribution >= 4 is 34.4 Å². The Bertz CT molecular complexity index is 1350. The molecule has 0 saturated carbocycles. The maximum absolute atomic E-state index is 12.0. The lowest BCUT2D eigenvalue weighted by atomic mass is 10.1. The number of anilines is 1. The van der Waals surface area contributed by atoms with Gasteiger partial charge in [-0.2, -0.15) is 0 Å². The first-order chi connectivity index (χ1) is 17.0. The molecule has 182 valence electrons. The molecule has 2 aliphatic heterocycles. The highest BCUT2D eigenvalue weighted by molar-refractivity contribution is 6.24.